The predicted molar refractivity (Wildman–Crippen MR) is 112 cm³/mol. The second kappa shape index (κ2) is 10.3. The summed E-state index contributed by atoms with van der Waals surface area (Å²) < 4.78 is 23.9. The summed E-state index contributed by atoms with van der Waals surface area (Å²) in [4.78, 5) is 11.9. The molecule has 0 aliphatic heterocycles. The Labute approximate surface area is 175 Å². The van der Waals surface area contributed by atoms with Gasteiger partial charge in [0.25, 0.3) is 5.91 Å². The summed E-state index contributed by atoms with van der Waals surface area (Å²) in [6, 6.07) is 17.1. The van der Waals surface area contributed by atoms with E-state index in [1.54, 1.807) is 24.3 Å². The lowest BCUT2D eigenvalue weighted by Gasteiger charge is -2.10. The number of aromatic nitrogens is 2. The number of carbonyl (C=O) groups is 1. The van der Waals surface area contributed by atoms with E-state index < -0.39 is 0 Å². The van der Waals surface area contributed by atoms with E-state index in [9.17, 15) is 9.18 Å². The molecule has 0 bridgehead atoms. The first kappa shape index (κ1) is 21.2. The Morgan fingerprint density at radius 1 is 0.967 bits per heavy atom. The molecule has 0 aliphatic carbocycles. The van der Waals surface area contributed by atoms with Crippen LogP contribution in [0.15, 0.2) is 60.7 Å². The van der Waals surface area contributed by atoms with Crippen LogP contribution in [-0.2, 0) is 4.79 Å². The van der Waals surface area contributed by atoms with Gasteiger partial charge >= 0.3 is 0 Å². The van der Waals surface area contributed by atoms with Crippen LogP contribution in [-0.4, -0.2) is 35.9 Å². The number of ether oxygens (including phenoxy) is 2. The molecule has 2 aromatic carbocycles. The summed E-state index contributed by atoms with van der Waals surface area (Å²) in [5.41, 5.74) is 2.61. The number of rotatable bonds is 9. The van der Waals surface area contributed by atoms with Crippen LogP contribution in [0.1, 0.15) is 25.3 Å². The number of benzene rings is 2. The molecular formula is C23H24FN3O3. The Bertz CT molecular complexity index is 943. The van der Waals surface area contributed by atoms with Gasteiger partial charge in [0.15, 0.2) is 6.61 Å². The molecule has 0 unspecified atom stereocenters. The van der Waals surface area contributed by atoms with Crippen molar-refractivity contribution in [1.82, 2.24) is 15.5 Å². The summed E-state index contributed by atoms with van der Waals surface area (Å²) in [5, 5.41) is 10.8. The lowest BCUT2D eigenvalue weighted by Crippen LogP contribution is -2.32. The first-order valence-corrected chi connectivity index (χ1v) is 9.73. The second-order valence-electron chi connectivity index (χ2n) is 6.97. The Morgan fingerprint density at radius 2 is 1.70 bits per heavy atom. The first-order valence-electron chi connectivity index (χ1n) is 9.73. The predicted octanol–water partition coefficient (Wildman–Crippen LogP) is 3.98. The topological polar surface area (TPSA) is 73.3 Å². The molecule has 0 fully saturated rings. The van der Waals surface area contributed by atoms with Gasteiger partial charge in [-0.25, -0.2) is 4.39 Å². The number of carbonyl (C=O) groups excluding carboxylic acids is 1. The summed E-state index contributed by atoms with van der Waals surface area (Å²) in [5.74, 6) is 0.914. The highest BCUT2D eigenvalue weighted by Gasteiger charge is 2.05. The number of halogens is 1. The molecule has 1 heterocycles. The highest BCUT2D eigenvalue weighted by atomic mass is 19.1. The highest BCUT2D eigenvalue weighted by molar-refractivity contribution is 5.77. The maximum atomic E-state index is 13.0. The van der Waals surface area contributed by atoms with Crippen molar-refractivity contribution in [2.75, 3.05) is 19.8 Å². The number of nitrogens with one attached hydrogen (secondary N) is 1. The molecule has 1 aromatic heterocycles. The quantitative estimate of drug-likeness (QED) is 0.541. The number of hydrogen-bond donors (Lipinski definition) is 1. The van der Waals surface area contributed by atoms with E-state index in [4.69, 9.17) is 9.47 Å². The monoisotopic (exact) mass is 409 g/mol. The van der Waals surface area contributed by atoms with Crippen molar-refractivity contribution >= 4 is 5.91 Å². The zero-order valence-corrected chi connectivity index (χ0v) is 17.0. The summed E-state index contributed by atoms with van der Waals surface area (Å²) in [6.07, 6.45) is 0. The fraction of sp³-hybridized carbons (Fsp3) is 0.261. The third-order valence-corrected chi connectivity index (χ3v) is 4.37. The summed E-state index contributed by atoms with van der Waals surface area (Å²) >= 11 is 0. The van der Waals surface area contributed by atoms with Crippen molar-refractivity contribution in [3.05, 3.63) is 72.0 Å². The van der Waals surface area contributed by atoms with Crippen LogP contribution in [0.3, 0.4) is 0 Å². The van der Waals surface area contributed by atoms with E-state index >= 15 is 0 Å². The van der Waals surface area contributed by atoms with Gasteiger partial charge < -0.3 is 14.8 Å². The van der Waals surface area contributed by atoms with Gasteiger partial charge in [-0.05, 0) is 53.9 Å². The van der Waals surface area contributed by atoms with E-state index in [0.717, 1.165) is 5.56 Å². The van der Waals surface area contributed by atoms with Gasteiger partial charge in [0.2, 0.25) is 5.88 Å². The Morgan fingerprint density at radius 3 is 2.33 bits per heavy atom. The third kappa shape index (κ3) is 6.27. The molecule has 0 radical (unpaired) electrons. The number of amides is 1. The Kier molecular flexibility index (Phi) is 7.32. The van der Waals surface area contributed by atoms with E-state index in [0.29, 0.717) is 29.8 Å². The minimum absolute atomic E-state index is 0.0623. The molecule has 0 saturated carbocycles. The normalized spacial score (nSPS) is 10.7. The van der Waals surface area contributed by atoms with Gasteiger partial charge in [-0.3, -0.25) is 4.79 Å². The third-order valence-electron chi connectivity index (χ3n) is 4.37. The van der Waals surface area contributed by atoms with Gasteiger partial charge in [-0.1, -0.05) is 26.0 Å². The van der Waals surface area contributed by atoms with Gasteiger partial charge in [-0.15, -0.1) is 10.2 Å². The average molecular weight is 409 g/mol. The lowest BCUT2D eigenvalue weighted by molar-refractivity contribution is -0.123. The van der Waals surface area contributed by atoms with E-state index in [-0.39, 0.29) is 24.9 Å². The molecule has 0 atom stereocenters. The second-order valence-corrected chi connectivity index (χ2v) is 6.97. The molecule has 0 aliphatic rings. The molecule has 1 amide bonds. The van der Waals surface area contributed by atoms with Crippen molar-refractivity contribution in [3.8, 4) is 22.9 Å². The van der Waals surface area contributed by atoms with Crippen molar-refractivity contribution < 1.29 is 18.7 Å². The SMILES string of the molecule is CC(C)c1ccc(OCC(=O)NCCOc2ccc(-c3ccc(F)cc3)nn2)cc1. The lowest BCUT2D eigenvalue weighted by atomic mass is 10.0. The van der Waals surface area contributed by atoms with Crippen LogP contribution >= 0.6 is 0 Å². The molecule has 0 saturated heterocycles. The molecular weight excluding hydrogens is 385 g/mol. The summed E-state index contributed by atoms with van der Waals surface area (Å²) in [7, 11) is 0. The smallest absolute Gasteiger partial charge is 0.258 e. The number of hydrogen-bond acceptors (Lipinski definition) is 5. The zero-order valence-electron chi connectivity index (χ0n) is 17.0. The molecule has 156 valence electrons. The molecule has 3 rings (SSSR count). The highest BCUT2D eigenvalue weighted by Crippen LogP contribution is 2.19. The van der Waals surface area contributed by atoms with Crippen molar-refractivity contribution in [3.63, 3.8) is 0 Å². The van der Waals surface area contributed by atoms with Crippen LogP contribution in [0.5, 0.6) is 11.6 Å². The molecule has 3 aromatic rings. The fourth-order valence-electron chi connectivity index (χ4n) is 2.67. The minimum Gasteiger partial charge on any atom is -0.484 e. The Hall–Kier alpha value is -3.48. The van der Waals surface area contributed by atoms with Gasteiger partial charge in [-0.2, -0.15) is 0 Å². The fourth-order valence-corrected chi connectivity index (χ4v) is 2.67. The molecule has 0 spiro atoms. The first-order chi connectivity index (χ1) is 14.5. The van der Waals surface area contributed by atoms with E-state index in [1.807, 2.05) is 24.3 Å². The van der Waals surface area contributed by atoms with Gasteiger partial charge in [0.1, 0.15) is 18.2 Å². The van der Waals surface area contributed by atoms with Crippen molar-refractivity contribution in [1.29, 1.82) is 0 Å². The van der Waals surface area contributed by atoms with Crippen LogP contribution in [0.2, 0.25) is 0 Å². The molecule has 30 heavy (non-hydrogen) atoms. The van der Waals surface area contributed by atoms with Crippen LogP contribution in [0, 0.1) is 5.82 Å². The maximum Gasteiger partial charge on any atom is 0.258 e. The molecule has 7 heteroatoms. The van der Waals surface area contributed by atoms with Gasteiger partial charge in [0, 0.05) is 11.6 Å². The van der Waals surface area contributed by atoms with Crippen molar-refractivity contribution in [2.24, 2.45) is 0 Å². The van der Waals surface area contributed by atoms with Crippen molar-refractivity contribution in [2.45, 2.75) is 19.8 Å². The van der Waals surface area contributed by atoms with Gasteiger partial charge in [0.05, 0.1) is 12.2 Å². The minimum atomic E-state index is -0.303. The Balaban J connectivity index is 1.36. The zero-order chi connectivity index (χ0) is 21.3. The molecule has 1 N–H and O–H groups in total. The molecule has 6 nitrogen and oxygen atoms in total. The van der Waals surface area contributed by atoms with E-state index in [1.165, 1.54) is 17.7 Å². The standard InChI is InChI=1S/C23H24FN3O3/c1-16(2)17-5-9-20(10-6-17)30-15-22(28)25-13-14-29-23-12-11-21(26-27-23)18-3-7-19(24)8-4-18/h3-12,16H,13-15H2,1-2H3,(H,25,28). The van der Waals surface area contributed by atoms with Crippen LogP contribution in [0.25, 0.3) is 11.3 Å². The van der Waals surface area contributed by atoms with Crippen LogP contribution in [0.4, 0.5) is 4.39 Å². The summed E-state index contributed by atoms with van der Waals surface area (Å²) in [6.45, 7) is 4.75. The number of nitrogens with zero attached hydrogens (tertiary/aromatic N) is 2. The van der Waals surface area contributed by atoms with E-state index in [2.05, 4.69) is 29.4 Å². The largest absolute Gasteiger partial charge is 0.484 e. The van der Waals surface area contributed by atoms with Crippen LogP contribution < -0.4 is 14.8 Å². The maximum absolute atomic E-state index is 13.0. The average Bonchev–Trinajstić information content (AvgIpc) is 2.76.